The maximum Gasteiger partial charge on any atom is 0.126 e. The molecule has 102 valence electrons. The Bertz CT molecular complexity index is 551. The van der Waals surface area contributed by atoms with Crippen LogP contribution in [0, 0.1) is 11.6 Å². The first kappa shape index (κ1) is 14.2. The lowest BCUT2D eigenvalue weighted by molar-refractivity contribution is 0.546. The van der Waals surface area contributed by atoms with Gasteiger partial charge in [0.15, 0.2) is 0 Å². The Labute approximate surface area is 116 Å². The predicted molar refractivity (Wildman–Crippen MR) is 75.6 cm³/mol. The van der Waals surface area contributed by atoms with Gasteiger partial charge in [0.05, 0.1) is 0 Å². The highest BCUT2D eigenvalue weighted by atomic mass is 32.1. The molecule has 0 radical (unpaired) electrons. The van der Waals surface area contributed by atoms with E-state index in [9.17, 15) is 8.78 Å². The number of likely N-dealkylation sites (N-methyl/N-ethyl adjacent to an activating group) is 1. The van der Waals surface area contributed by atoms with Gasteiger partial charge in [-0.2, -0.15) is 0 Å². The van der Waals surface area contributed by atoms with Crippen LogP contribution in [0.2, 0.25) is 0 Å². The van der Waals surface area contributed by atoms with Crippen molar-refractivity contribution in [2.24, 2.45) is 0 Å². The van der Waals surface area contributed by atoms with Gasteiger partial charge in [-0.05, 0) is 60.7 Å². The molecule has 0 bridgehead atoms. The molecule has 2 aromatic rings. The molecule has 0 amide bonds. The van der Waals surface area contributed by atoms with E-state index in [2.05, 4.69) is 18.3 Å². The van der Waals surface area contributed by atoms with Crippen LogP contribution in [0.15, 0.2) is 29.6 Å². The molecular weight excluding hydrogens is 264 g/mol. The second-order valence-electron chi connectivity index (χ2n) is 4.44. The Hall–Kier alpha value is -1.26. The van der Waals surface area contributed by atoms with Crippen LogP contribution in [0.4, 0.5) is 8.78 Å². The van der Waals surface area contributed by atoms with E-state index >= 15 is 0 Å². The van der Waals surface area contributed by atoms with E-state index in [0.717, 1.165) is 12.5 Å². The van der Waals surface area contributed by atoms with E-state index in [1.807, 2.05) is 12.4 Å². The van der Waals surface area contributed by atoms with Gasteiger partial charge in [-0.15, -0.1) is 11.3 Å². The lowest BCUT2D eigenvalue weighted by Crippen LogP contribution is -2.19. The summed E-state index contributed by atoms with van der Waals surface area (Å²) in [5, 5.41) is 5.24. The van der Waals surface area contributed by atoms with Crippen LogP contribution in [0.25, 0.3) is 0 Å². The fourth-order valence-electron chi connectivity index (χ4n) is 2.19. The molecule has 1 heterocycles. The Morgan fingerprint density at radius 3 is 2.68 bits per heavy atom. The Kier molecular flexibility index (Phi) is 4.66. The van der Waals surface area contributed by atoms with E-state index in [-0.39, 0.29) is 11.9 Å². The standard InChI is InChI=1S/C15H17F2NS/c1-3-10-6-7-19-15(10)14(18-2)9-11-8-12(16)4-5-13(11)17/h4-8,14,18H,3,9H2,1-2H3. The highest BCUT2D eigenvalue weighted by Gasteiger charge is 2.17. The number of thiophene rings is 1. The van der Waals surface area contributed by atoms with Crippen molar-refractivity contribution in [3.05, 3.63) is 57.3 Å². The smallest absolute Gasteiger partial charge is 0.126 e. The number of aryl methyl sites for hydroxylation is 1. The summed E-state index contributed by atoms with van der Waals surface area (Å²) in [6, 6.07) is 5.72. The minimum absolute atomic E-state index is 0.0197. The second-order valence-corrected chi connectivity index (χ2v) is 5.39. The van der Waals surface area contributed by atoms with E-state index in [4.69, 9.17) is 0 Å². The summed E-state index contributed by atoms with van der Waals surface area (Å²) in [6.07, 6.45) is 1.40. The highest BCUT2D eigenvalue weighted by molar-refractivity contribution is 7.10. The minimum atomic E-state index is -0.395. The molecule has 1 N–H and O–H groups in total. The Morgan fingerprint density at radius 1 is 1.21 bits per heavy atom. The lowest BCUT2D eigenvalue weighted by atomic mass is 10.0. The highest BCUT2D eigenvalue weighted by Crippen LogP contribution is 2.28. The quantitative estimate of drug-likeness (QED) is 0.870. The van der Waals surface area contributed by atoms with Gasteiger partial charge in [-0.3, -0.25) is 0 Å². The zero-order chi connectivity index (χ0) is 13.8. The molecule has 1 aromatic carbocycles. The first-order valence-corrected chi connectivity index (χ1v) is 7.21. The van der Waals surface area contributed by atoms with E-state index in [0.29, 0.717) is 12.0 Å². The number of halogens is 2. The van der Waals surface area contributed by atoms with Crippen LogP contribution < -0.4 is 5.32 Å². The normalized spacial score (nSPS) is 12.6. The van der Waals surface area contributed by atoms with Crippen LogP contribution in [-0.4, -0.2) is 7.05 Å². The van der Waals surface area contributed by atoms with Crippen LogP contribution in [0.3, 0.4) is 0 Å². The minimum Gasteiger partial charge on any atom is -0.312 e. The average Bonchev–Trinajstić information content (AvgIpc) is 2.88. The van der Waals surface area contributed by atoms with Crippen molar-refractivity contribution in [2.75, 3.05) is 7.05 Å². The molecule has 0 spiro atoms. The molecule has 1 aromatic heterocycles. The van der Waals surface area contributed by atoms with E-state index < -0.39 is 5.82 Å². The molecule has 0 aliphatic rings. The van der Waals surface area contributed by atoms with Crippen molar-refractivity contribution in [2.45, 2.75) is 25.8 Å². The van der Waals surface area contributed by atoms with Crippen LogP contribution in [0.1, 0.15) is 29.0 Å². The van der Waals surface area contributed by atoms with Crippen LogP contribution in [0.5, 0.6) is 0 Å². The molecule has 2 rings (SSSR count). The average molecular weight is 281 g/mol. The Morgan fingerprint density at radius 2 is 2.00 bits per heavy atom. The number of hydrogen-bond acceptors (Lipinski definition) is 2. The largest absolute Gasteiger partial charge is 0.312 e. The van der Waals surface area contributed by atoms with Gasteiger partial charge in [0.25, 0.3) is 0 Å². The SMILES string of the molecule is CCc1ccsc1C(Cc1cc(F)ccc1F)NC. The third kappa shape index (κ3) is 3.19. The van der Waals surface area contributed by atoms with Crippen molar-refractivity contribution in [1.29, 1.82) is 0 Å². The van der Waals surface area contributed by atoms with Gasteiger partial charge in [0.1, 0.15) is 11.6 Å². The van der Waals surface area contributed by atoms with Gasteiger partial charge < -0.3 is 5.32 Å². The summed E-state index contributed by atoms with van der Waals surface area (Å²) in [4.78, 5) is 1.20. The number of rotatable bonds is 5. The molecule has 1 atom stereocenters. The summed E-state index contributed by atoms with van der Waals surface area (Å²) in [5.74, 6) is -0.746. The number of benzene rings is 1. The number of hydrogen-bond donors (Lipinski definition) is 1. The number of nitrogens with one attached hydrogen (secondary N) is 1. The third-order valence-electron chi connectivity index (χ3n) is 3.26. The fourth-order valence-corrected chi connectivity index (χ4v) is 3.30. The molecule has 19 heavy (non-hydrogen) atoms. The zero-order valence-corrected chi connectivity index (χ0v) is 11.9. The lowest BCUT2D eigenvalue weighted by Gasteiger charge is -2.17. The van der Waals surface area contributed by atoms with Crippen LogP contribution in [-0.2, 0) is 12.8 Å². The van der Waals surface area contributed by atoms with Crippen molar-refractivity contribution in [3.8, 4) is 0 Å². The zero-order valence-electron chi connectivity index (χ0n) is 11.0. The van der Waals surface area contributed by atoms with Crippen molar-refractivity contribution in [3.63, 3.8) is 0 Å². The molecule has 0 fully saturated rings. The summed E-state index contributed by atoms with van der Waals surface area (Å²) >= 11 is 1.66. The molecule has 0 saturated heterocycles. The van der Waals surface area contributed by atoms with Crippen molar-refractivity contribution < 1.29 is 8.78 Å². The van der Waals surface area contributed by atoms with Crippen molar-refractivity contribution in [1.82, 2.24) is 5.32 Å². The first-order chi connectivity index (χ1) is 9.15. The summed E-state index contributed by atoms with van der Waals surface area (Å²) < 4.78 is 26.9. The maximum absolute atomic E-state index is 13.7. The van der Waals surface area contributed by atoms with Gasteiger partial charge in [0.2, 0.25) is 0 Å². The summed E-state index contributed by atoms with van der Waals surface area (Å²) in [5.41, 5.74) is 1.68. The topological polar surface area (TPSA) is 12.0 Å². The monoisotopic (exact) mass is 281 g/mol. The summed E-state index contributed by atoms with van der Waals surface area (Å²) in [6.45, 7) is 2.10. The van der Waals surface area contributed by atoms with E-state index in [1.165, 1.54) is 22.6 Å². The molecule has 4 heteroatoms. The van der Waals surface area contributed by atoms with Gasteiger partial charge in [-0.1, -0.05) is 6.92 Å². The molecule has 0 aliphatic heterocycles. The second kappa shape index (κ2) is 6.26. The predicted octanol–water partition coefficient (Wildman–Crippen LogP) is 4.09. The summed E-state index contributed by atoms with van der Waals surface area (Å²) in [7, 11) is 1.85. The molecule has 1 unspecified atom stereocenters. The van der Waals surface area contributed by atoms with Crippen molar-refractivity contribution >= 4 is 11.3 Å². The first-order valence-electron chi connectivity index (χ1n) is 6.33. The van der Waals surface area contributed by atoms with Gasteiger partial charge >= 0.3 is 0 Å². The molecular formula is C15H17F2NS. The maximum atomic E-state index is 13.7. The molecule has 0 saturated carbocycles. The van der Waals surface area contributed by atoms with Crippen LogP contribution >= 0.6 is 11.3 Å². The fraction of sp³-hybridized carbons (Fsp3) is 0.333. The molecule has 1 nitrogen and oxygen atoms in total. The molecule has 0 aliphatic carbocycles. The van der Waals surface area contributed by atoms with Gasteiger partial charge in [0, 0.05) is 10.9 Å². The van der Waals surface area contributed by atoms with Gasteiger partial charge in [-0.25, -0.2) is 8.78 Å². The Balaban J connectivity index is 2.26. The van der Waals surface area contributed by atoms with E-state index in [1.54, 1.807) is 11.3 Å². The third-order valence-corrected chi connectivity index (χ3v) is 4.33.